The second kappa shape index (κ2) is 8.12. The van der Waals surface area contributed by atoms with Gasteiger partial charge in [-0.1, -0.05) is 49.2 Å². The molecular weight excluding hydrogens is 362 g/mol. The van der Waals surface area contributed by atoms with Crippen LogP contribution in [0.1, 0.15) is 56.9 Å². The molecule has 0 spiro atoms. The molecule has 1 saturated carbocycles. The minimum atomic E-state index is -0.195. The fourth-order valence-electron chi connectivity index (χ4n) is 3.54. The normalized spacial score (nSPS) is 16.5. The number of nitrogens with zero attached hydrogens (tertiary/aromatic N) is 4. The van der Waals surface area contributed by atoms with E-state index in [2.05, 4.69) is 20.8 Å². The first kappa shape index (κ1) is 18.0. The number of aromatic nitrogens is 4. The summed E-state index contributed by atoms with van der Waals surface area (Å²) in [5.41, 5.74) is 0.828. The highest BCUT2D eigenvalue weighted by molar-refractivity contribution is 7.99. The molecule has 1 aliphatic rings. The van der Waals surface area contributed by atoms with Gasteiger partial charge in [0.05, 0.1) is 17.8 Å². The Kier molecular flexibility index (Phi) is 5.42. The number of carbonyl (C=O) groups excluding carboxylic acids is 1. The van der Waals surface area contributed by atoms with Crippen molar-refractivity contribution in [3.8, 4) is 0 Å². The third kappa shape index (κ3) is 4.16. The third-order valence-corrected chi connectivity index (χ3v) is 5.90. The molecule has 2 aromatic heterocycles. The van der Waals surface area contributed by atoms with Gasteiger partial charge in [-0.05, 0) is 42.3 Å². The summed E-state index contributed by atoms with van der Waals surface area (Å²) < 4.78 is 7.71. The van der Waals surface area contributed by atoms with E-state index >= 15 is 0 Å². The van der Waals surface area contributed by atoms with Crippen LogP contribution in [0.15, 0.2) is 39.9 Å². The smallest absolute Gasteiger partial charge is 0.231 e. The molecule has 1 aromatic carbocycles. The number of tetrazole rings is 1. The van der Waals surface area contributed by atoms with Crippen molar-refractivity contribution < 1.29 is 9.21 Å². The number of fused-ring (bicyclic) bond motifs is 1. The Labute approximate surface area is 161 Å². The highest BCUT2D eigenvalue weighted by Gasteiger charge is 2.21. The molecule has 0 aliphatic heterocycles. The van der Waals surface area contributed by atoms with E-state index in [-0.39, 0.29) is 17.7 Å². The summed E-state index contributed by atoms with van der Waals surface area (Å²) in [5.74, 6) is 0.963. The summed E-state index contributed by atoms with van der Waals surface area (Å²) in [6, 6.07) is 9.96. The molecule has 4 rings (SSSR count). The number of carbonyl (C=O) groups is 1. The number of para-hydroxylation sites is 1. The van der Waals surface area contributed by atoms with Gasteiger partial charge in [-0.15, -0.1) is 5.10 Å². The van der Waals surface area contributed by atoms with Crippen LogP contribution in [0.4, 0.5) is 0 Å². The number of furan rings is 1. The molecule has 1 atom stereocenters. The van der Waals surface area contributed by atoms with E-state index in [9.17, 15) is 4.79 Å². The number of thioether (sulfide) groups is 1. The molecule has 0 radical (unpaired) electrons. The largest absolute Gasteiger partial charge is 0.459 e. The number of hydrogen-bond donors (Lipinski definition) is 1. The van der Waals surface area contributed by atoms with Crippen LogP contribution < -0.4 is 5.32 Å². The number of benzene rings is 1. The van der Waals surface area contributed by atoms with Gasteiger partial charge in [0, 0.05) is 5.39 Å². The number of hydrogen-bond acceptors (Lipinski definition) is 6. The molecule has 2 heterocycles. The van der Waals surface area contributed by atoms with Crippen molar-refractivity contribution >= 4 is 28.6 Å². The highest BCUT2D eigenvalue weighted by Crippen LogP contribution is 2.30. The zero-order valence-electron chi connectivity index (χ0n) is 15.3. The zero-order chi connectivity index (χ0) is 18.6. The maximum absolute atomic E-state index is 12.4. The van der Waals surface area contributed by atoms with Gasteiger partial charge in [-0.3, -0.25) is 4.79 Å². The van der Waals surface area contributed by atoms with Gasteiger partial charge < -0.3 is 9.73 Å². The topological polar surface area (TPSA) is 85.8 Å². The molecule has 142 valence electrons. The predicted octanol–water partition coefficient (Wildman–Crippen LogP) is 3.89. The average Bonchev–Trinajstić information content (AvgIpc) is 3.34. The van der Waals surface area contributed by atoms with Gasteiger partial charge in [-0.25, -0.2) is 4.68 Å². The fourth-order valence-corrected chi connectivity index (χ4v) is 4.29. The van der Waals surface area contributed by atoms with Crippen LogP contribution >= 0.6 is 11.8 Å². The van der Waals surface area contributed by atoms with Crippen molar-refractivity contribution in [1.82, 2.24) is 25.5 Å². The molecule has 1 N–H and O–H groups in total. The monoisotopic (exact) mass is 385 g/mol. The first-order valence-corrected chi connectivity index (χ1v) is 10.4. The quantitative estimate of drug-likeness (QED) is 0.648. The average molecular weight is 385 g/mol. The zero-order valence-corrected chi connectivity index (χ0v) is 16.1. The van der Waals surface area contributed by atoms with Crippen LogP contribution in [0.3, 0.4) is 0 Å². The van der Waals surface area contributed by atoms with Crippen LogP contribution in [0, 0.1) is 0 Å². The summed E-state index contributed by atoms with van der Waals surface area (Å²) >= 11 is 1.38. The number of nitrogens with one attached hydrogen (secondary N) is 1. The van der Waals surface area contributed by atoms with Crippen molar-refractivity contribution in [2.45, 2.75) is 56.3 Å². The molecule has 0 bridgehead atoms. The van der Waals surface area contributed by atoms with E-state index in [1.54, 1.807) is 0 Å². The second-order valence-corrected chi connectivity index (χ2v) is 7.90. The maximum Gasteiger partial charge on any atom is 0.231 e. The molecule has 8 heteroatoms. The van der Waals surface area contributed by atoms with Crippen LogP contribution in [-0.2, 0) is 4.79 Å². The van der Waals surface area contributed by atoms with Crippen LogP contribution in [0.2, 0.25) is 0 Å². The Bertz CT molecular complexity index is 883. The fraction of sp³-hybridized carbons (Fsp3) is 0.474. The molecular formula is C19H23N5O2S. The standard InChI is InChI=1S/C19H23N5O2S/c1-13(17-11-14-7-5-6-10-16(14)26-17)20-18(25)12-27-19-21-22-23-24(19)15-8-3-2-4-9-15/h5-7,10-11,13,15H,2-4,8-9,12H2,1H3,(H,20,25). The second-order valence-electron chi connectivity index (χ2n) is 6.96. The van der Waals surface area contributed by atoms with Gasteiger partial charge in [0.1, 0.15) is 11.3 Å². The van der Waals surface area contributed by atoms with Gasteiger partial charge in [0.25, 0.3) is 0 Å². The lowest BCUT2D eigenvalue weighted by Crippen LogP contribution is -2.28. The van der Waals surface area contributed by atoms with Crippen LogP contribution in [-0.4, -0.2) is 31.9 Å². The lowest BCUT2D eigenvalue weighted by molar-refractivity contribution is -0.119. The van der Waals surface area contributed by atoms with Crippen molar-refractivity contribution in [3.63, 3.8) is 0 Å². The van der Waals surface area contributed by atoms with Crippen LogP contribution in [0.25, 0.3) is 11.0 Å². The molecule has 3 aromatic rings. The van der Waals surface area contributed by atoms with Crippen molar-refractivity contribution in [3.05, 3.63) is 36.1 Å². The summed E-state index contributed by atoms with van der Waals surface area (Å²) in [5, 5.41) is 16.8. The van der Waals surface area contributed by atoms with Gasteiger partial charge >= 0.3 is 0 Å². The Balaban J connectivity index is 1.34. The van der Waals surface area contributed by atoms with E-state index in [1.807, 2.05) is 41.9 Å². The predicted molar refractivity (Wildman–Crippen MR) is 103 cm³/mol. The molecule has 27 heavy (non-hydrogen) atoms. The van der Waals surface area contributed by atoms with Gasteiger partial charge in [-0.2, -0.15) is 0 Å². The minimum absolute atomic E-state index is 0.0637. The first-order chi connectivity index (χ1) is 13.2. The Morgan fingerprint density at radius 1 is 1.33 bits per heavy atom. The van der Waals surface area contributed by atoms with Gasteiger partial charge in [0.2, 0.25) is 11.1 Å². The van der Waals surface area contributed by atoms with E-state index in [4.69, 9.17) is 4.42 Å². The molecule has 1 aliphatic carbocycles. The molecule has 1 amide bonds. The van der Waals surface area contributed by atoms with E-state index in [1.165, 1.54) is 31.0 Å². The highest BCUT2D eigenvalue weighted by atomic mass is 32.2. The Morgan fingerprint density at radius 2 is 2.15 bits per heavy atom. The summed E-state index contributed by atoms with van der Waals surface area (Å²) in [7, 11) is 0. The minimum Gasteiger partial charge on any atom is -0.459 e. The van der Waals surface area contributed by atoms with Crippen molar-refractivity contribution in [2.24, 2.45) is 0 Å². The lowest BCUT2D eigenvalue weighted by Gasteiger charge is -2.22. The number of rotatable bonds is 6. The SMILES string of the molecule is CC(NC(=O)CSc1nnnn1C1CCCCC1)c1cc2ccccc2o1. The third-order valence-electron chi connectivity index (χ3n) is 4.96. The summed E-state index contributed by atoms with van der Waals surface area (Å²) in [6.45, 7) is 1.92. The molecule has 1 unspecified atom stereocenters. The van der Waals surface area contributed by atoms with Crippen LogP contribution in [0.5, 0.6) is 0 Å². The lowest BCUT2D eigenvalue weighted by atomic mass is 9.96. The van der Waals surface area contributed by atoms with E-state index in [0.29, 0.717) is 11.2 Å². The molecule has 0 saturated heterocycles. The summed E-state index contributed by atoms with van der Waals surface area (Å²) in [4.78, 5) is 12.4. The molecule has 1 fully saturated rings. The first-order valence-electron chi connectivity index (χ1n) is 9.39. The Morgan fingerprint density at radius 3 is 2.96 bits per heavy atom. The van der Waals surface area contributed by atoms with E-state index < -0.39 is 0 Å². The van der Waals surface area contributed by atoms with Crippen molar-refractivity contribution in [1.29, 1.82) is 0 Å². The molecule has 7 nitrogen and oxygen atoms in total. The maximum atomic E-state index is 12.4. The van der Waals surface area contributed by atoms with E-state index in [0.717, 1.165) is 29.6 Å². The Hall–Kier alpha value is -2.35. The summed E-state index contributed by atoms with van der Waals surface area (Å²) in [6.07, 6.45) is 5.92. The van der Waals surface area contributed by atoms with Gasteiger partial charge in [0.15, 0.2) is 0 Å². The van der Waals surface area contributed by atoms with Crippen molar-refractivity contribution in [2.75, 3.05) is 5.75 Å². The number of amides is 1.